The molecule has 0 aromatic heterocycles. The Kier molecular flexibility index (Phi) is 8.82. The standard InChI is InChI=1S/C19H39BIN2O/c1-16(2,3)10-14(22)17(4,5)12-18(6,7)15(23-13-24)11-19(8,9)20-21/h13-15H,10-12,22H2,1-9H3,(H,23,24). The number of halogens is 1. The molecule has 0 bridgehead atoms. The topological polar surface area (TPSA) is 55.1 Å². The number of carbonyl (C=O) groups excluding carboxylic acids is 1. The summed E-state index contributed by atoms with van der Waals surface area (Å²) < 4.78 is 0. The van der Waals surface area contributed by atoms with Crippen molar-refractivity contribution in [3.63, 3.8) is 0 Å². The highest BCUT2D eigenvalue weighted by Crippen LogP contribution is 2.44. The molecular formula is C19H39BIN2O. The monoisotopic (exact) mass is 449 g/mol. The van der Waals surface area contributed by atoms with Gasteiger partial charge in [-0.2, -0.15) is 22.4 Å². The second-order valence-electron chi connectivity index (χ2n) is 10.7. The first-order valence-corrected chi connectivity index (χ1v) is 10.2. The molecule has 141 valence electrons. The molecule has 2 unspecified atom stereocenters. The van der Waals surface area contributed by atoms with Gasteiger partial charge in [-0.3, -0.25) is 4.79 Å². The maximum atomic E-state index is 11.2. The van der Waals surface area contributed by atoms with E-state index in [0.29, 0.717) is 0 Å². The van der Waals surface area contributed by atoms with Crippen LogP contribution in [0.2, 0.25) is 5.31 Å². The molecule has 2 atom stereocenters. The summed E-state index contributed by atoms with van der Waals surface area (Å²) in [5, 5.41) is 5.35. The van der Waals surface area contributed by atoms with Crippen molar-refractivity contribution in [1.82, 2.24) is 5.32 Å². The predicted octanol–water partition coefficient (Wildman–Crippen LogP) is 4.95. The van der Waals surface area contributed by atoms with Gasteiger partial charge in [0.15, 0.2) is 0 Å². The minimum atomic E-state index is -0.0309. The number of carbonyl (C=O) groups is 1. The van der Waals surface area contributed by atoms with Crippen molar-refractivity contribution in [2.24, 2.45) is 22.0 Å². The van der Waals surface area contributed by atoms with Gasteiger partial charge in [0.05, 0.1) is 0 Å². The highest BCUT2D eigenvalue weighted by Gasteiger charge is 2.40. The van der Waals surface area contributed by atoms with Gasteiger partial charge in [-0.25, -0.2) is 0 Å². The second-order valence-corrected chi connectivity index (χ2v) is 11.3. The second kappa shape index (κ2) is 8.74. The molecule has 1 radical (unpaired) electrons. The third-order valence-electron chi connectivity index (χ3n) is 4.99. The van der Waals surface area contributed by atoms with Crippen molar-refractivity contribution in [1.29, 1.82) is 0 Å². The fourth-order valence-corrected chi connectivity index (χ4v) is 3.83. The van der Waals surface area contributed by atoms with Crippen LogP contribution in [0, 0.1) is 16.2 Å². The van der Waals surface area contributed by atoms with Gasteiger partial charge in [-0.1, -0.05) is 62.3 Å². The predicted molar refractivity (Wildman–Crippen MR) is 116 cm³/mol. The lowest BCUT2D eigenvalue weighted by Gasteiger charge is -2.45. The summed E-state index contributed by atoms with van der Waals surface area (Å²) in [4.78, 5) is 11.2. The first-order chi connectivity index (χ1) is 10.6. The molecule has 0 aromatic carbocycles. The van der Waals surface area contributed by atoms with Crippen molar-refractivity contribution in [3.05, 3.63) is 0 Å². The van der Waals surface area contributed by atoms with E-state index in [-0.39, 0.29) is 33.6 Å². The van der Waals surface area contributed by atoms with E-state index in [2.05, 4.69) is 95.1 Å². The van der Waals surface area contributed by atoms with Crippen molar-refractivity contribution in [2.75, 3.05) is 0 Å². The lowest BCUT2D eigenvalue weighted by atomic mass is 9.60. The van der Waals surface area contributed by atoms with Gasteiger partial charge in [0, 0.05) is 12.1 Å². The van der Waals surface area contributed by atoms with Crippen LogP contribution in [0.1, 0.15) is 81.6 Å². The van der Waals surface area contributed by atoms with Crippen LogP contribution in [0.25, 0.3) is 0 Å². The number of rotatable bonds is 10. The maximum absolute atomic E-state index is 11.2. The molecular weight excluding hydrogens is 410 g/mol. The van der Waals surface area contributed by atoms with Crippen molar-refractivity contribution in [2.45, 2.75) is 99.0 Å². The molecule has 3 N–H and O–H groups in total. The van der Waals surface area contributed by atoms with Crippen LogP contribution < -0.4 is 11.1 Å². The highest BCUT2D eigenvalue weighted by molar-refractivity contribution is 14.1. The first-order valence-electron chi connectivity index (χ1n) is 8.96. The van der Waals surface area contributed by atoms with E-state index in [1.165, 1.54) is 0 Å². The van der Waals surface area contributed by atoms with Crippen LogP contribution in [0.3, 0.4) is 0 Å². The Morgan fingerprint density at radius 1 is 1.00 bits per heavy atom. The molecule has 3 nitrogen and oxygen atoms in total. The first kappa shape index (κ1) is 24.2. The van der Waals surface area contributed by atoms with E-state index in [4.69, 9.17) is 5.73 Å². The summed E-state index contributed by atoms with van der Waals surface area (Å²) >= 11 is 2.31. The van der Waals surface area contributed by atoms with Crippen LogP contribution in [0.4, 0.5) is 0 Å². The zero-order chi connectivity index (χ0) is 19.4. The smallest absolute Gasteiger partial charge is 0.207 e. The lowest BCUT2D eigenvalue weighted by Crippen LogP contribution is -2.49. The molecule has 24 heavy (non-hydrogen) atoms. The molecule has 0 saturated heterocycles. The molecule has 0 aliphatic rings. The lowest BCUT2D eigenvalue weighted by molar-refractivity contribution is -0.111. The third kappa shape index (κ3) is 8.55. The normalized spacial score (nSPS) is 16.5. The van der Waals surface area contributed by atoms with Crippen LogP contribution in [0.5, 0.6) is 0 Å². The third-order valence-corrected chi connectivity index (χ3v) is 6.67. The zero-order valence-electron chi connectivity index (χ0n) is 17.3. The minimum absolute atomic E-state index is 0.0117. The van der Waals surface area contributed by atoms with Crippen LogP contribution in [0.15, 0.2) is 0 Å². The molecule has 0 heterocycles. The number of nitrogens with two attached hydrogens (primary N) is 1. The average Bonchev–Trinajstić information content (AvgIpc) is 2.34. The van der Waals surface area contributed by atoms with Gasteiger partial charge in [0.1, 0.15) is 0 Å². The molecule has 0 aliphatic carbocycles. The number of hydrogen-bond donors (Lipinski definition) is 2. The van der Waals surface area contributed by atoms with Crippen LogP contribution in [-0.2, 0) is 4.79 Å². The molecule has 0 aromatic rings. The van der Waals surface area contributed by atoms with Gasteiger partial charge < -0.3 is 11.1 Å². The Morgan fingerprint density at radius 3 is 1.88 bits per heavy atom. The van der Waals surface area contributed by atoms with E-state index in [0.717, 1.165) is 25.7 Å². The quantitative estimate of drug-likeness (QED) is 0.282. The van der Waals surface area contributed by atoms with Crippen molar-refractivity contribution < 1.29 is 4.79 Å². The van der Waals surface area contributed by atoms with E-state index >= 15 is 0 Å². The van der Waals surface area contributed by atoms with Gasteiger partial charge in [0.25, 0.3) is 0 Å². The Morgan fingerprint density at radius 2 is 1.50 bits per heavy atom. The number of hydrogen-bond acceptors (Lipinski definition) is 2. The van der Waals surface area contributed by atoms with Crippen molar-refractivity contribution >= 4 is 33.9 Å². The Hall–Kier alpha value is 0.225. The van der Waals surface area contributed by atoms with E-state index in [1.54, 1.807) is 0 Å². The Bertz CT molecular complexity index is 403. The Labute approximate surface area is 164 Å². The van der Waals surface area contributed by atoms with Gasteiger partial charge in [0.2, 0.25) is 11.5 Å². The molecule has 0 saturated carbocycles. The largest absolute Gasteiger partial charge is 0.355 e. The van der Waals surface area contributed by atoms with Crippen molar-refractivity contribution in [3.8, 4) is 0 Å². The SMILES string of the molecule is CC(C)(C)CC(N)C(C)(C)CC(C)(C)C(CC(C)(C)[B]I)NC=O. The zero-order valence-corrected chi connectivity index (χ0v) is 19.5. The summed E-state index contributed by atoms with van der Waals surface area (Å²) in [6.07, 6.45) is 3.74. The van der Waals surface area contributed by atoms with Crippen LogP contribution in [-0.4, -0.2) is 23.6 Å². The molecule has 0 rings (SSSR count). The van der Waals surface area contributed by atoms with E-state index < -0.39 is 0 Å². The summed E-state index contributed by atoms with van der Waals surface area (Å²) in [6.45, 7) is 20.2. The fourth-order valence-electron chi connectivity index (χ4n) is 3.58. The molecule has 5 heteroatoms. The van der Waals surface area contributed by atoms with Gasteiger partial charge >= 0.3 is 0 Å². The molecule has 0 fully saturated rings. The number of amides is 1. The summed E-state index contributed by atoms with van der Waals surface area (Å²) in [5.41, 5.74) is 6.78. The van der Waals surface area contributed by atoms with E-state index in [1.807, 2.05) is 0 Å². The molecule has 0 spiro atoms. The average molecular weight is 449 g/mol. The minimum Gasteiger partial charge on any atom is -0.355 e. The van der Waals surface area contributed by atoms with Crippen LogP contribution >= 0.6 is 22.4 Å². The van der Waals surface area contributed by atoms with Gasteiger partial charge in [-0.15, -0.1) is 0 Å². The summed E-state index contributed by atoms with van der Waals surface area (Å²) in [5.74, 6) is 0. The maximum Gasteiger partial charge on any atom is 0.207 e. The molecule has 1 amide bonds. The highest BCUT2D eigenvalue weighted by atomic mass is 127. The fraction of sp³-hybridized carbons (Fsp3) is 0.947. The van der Waals surface area contributed by atoms with Gasteiger partial charge in [-0.05, 0) is 40.8 Å². The van der Waals surface area contributed by atoms with E-state index in [9.17, 15) is 4.79 Å². The Balaban J connectivity index is 5.25. The summed E-state index contributed by atoms with van der Waals surface area (Å²) in [7, 11) is 0. The summed E-state index contributed by atoms with van der Waals surface area (Å²) in [6, 6.07) is 0.259. The number of nitrogens with one attached hydrogen (secondary N) is 1. The molecule has 0 aliphatic heterocycles.